The van der Waals surface area contributed by atoms with Crippen molar-refractivity contribution in [2.24, 2.45) is 5.73 Å². The van der Waals surface area contributed by atoms with Crippen LogP contribution < -0.4 is 5.73 Å². The highest BCUT2D eigenvalue weighted by atomic mass is 16.2. The molecule has 0 aromatic carbocycles. The third kappa shape index (κ3) is 17.1. The van der Waals surface area contributed by atoms with Gasteiger partial charge in [0.15, 0.2) is 0 Å². The minimum atomic E-state index is -0.455. The Hall–Kier alpha value is -1.18. The van der Waals surface area contributed by atoms with Crippen LogP contribution in [0.3, 0.4) is 0 Å². The highest BCUT2D eigenvalue weighted by molar-refractivity contribution is 5.82. The van der Waals surface area contributed by atoms with Crippen LogP contribution in [0.15, 0.2) is 0 Å². The van der Waals surface area contributed by atoms with Crippen LogP contribution in [-0.4, -0.2) is 29.8 Å². The van der Waals surface area contributed by atoms with Crippen molar-refractivity contribution in [3.05, 3.63) is 0 Å². The Labute approximate surface area is 85.5 Å². The van der Waals surface area contributed by atoms with Crippen molar-refractivity contribution in [1.29, 1.82) is 0 Å². The lowest BCUT2D eigenvalue weighted by Gasteiger charge is -2.03. The van der Waals surface area contributed by atoms with Crippen LogP contribution in [-0.2, 0) is 9.59 Å². The van der Waals surface area contributed by atoms with Gasteiger partial charge in [0, 0.05) is 13.5 Å². The van der Waals surface area contributed by atoms with E-state index in [1.54, 1.807) is 0 Å². The van der Waals surface area contributed by atoms with Gasteiger partial charge in [-0.25, -0.2) is 0 Å². The first-order chi connectivity index (χ1) is 6.54. The van der Waals surface area contributed by atoms with Crippen molar-refractivity contribution in [3.63, 3.8) is 0 Å². The van der Waals surface area contributed by atoms with E-state index in [0.29, 0.717) is 12.8 Å². The molecule has 4 heteroatoms. The van der Waals surface area contributed by atoms with E-state index in [-0.39, 0.29) is 11.6 Å². The fourth-order valence-corrected chi connectivity index (χ4v) is 0.562. The van der Waals surface area contributed by atoms with Crippen LogP contribution in [0.2, 0.25) is 0 Å². The minimum Gasteiger partial charge on any atom is -0.400 e. The molecule has 14 heavy (non-hydrogen) atoms. The molecule has 0 aliphatic heterocycles. The van der Waals surface area contributed by atoms with Crippen LogP contribution >= 0.6 is 0 Å². The second-order valence-electron chi connectivity index (χ2n) is 2.46. The molecule has 0 saturated heterocycles. The summed E-state index contributed by atoms with van der Waals surface area (Å²) in [6, 6.07) is -0.455. The van der Waals surface area contributed by atoms with E-state index < -0.39 is 6.04 Å². The second-order valence-corrected chi connectivity index (χ2v) is 2.46. The molecule has 82 valence electrons. The van der Waals surface area contributed by atoms with Gasteiger partial charge in [-0.05, 0) is 20.3 Å². The fourth-order valence-electron chi connectivity index (χ4n) is 0.562. The first-order valence-corrected chi connectivity index (χ1v) is 4.07. The Bertz CT molecular complexity index is 175. The van der Waals surface area contributed by atoms with Crippen molar-refractivity contribution in [2.75, 3.05) is 7.11 Å². The van der Waals surface area contributed by atoms with Crippen molar-refractivity contribution in [3.8, 4) is 12.8 Å². The quantitative estimate of drug-likeness (QED) is 0.633. The highest BCUT2D eigenvalue weighted by Gasteiger charge is 2.07. The lowest BCUT2D eigenvalue weighted by molar-refractivity contribution is -0.119. The Morgan fingerprint density at radius 1 is 1.29 bits per heavy atom. The lowest BCUT2D eigenvalue weighted by atomic mass is 10.1. The maximum absolute atomic E-state index is 10.5. The van der Waals surface area contributed by atoms with Gasteiger partial charge >= 0.3 is 0 Å². The van der Waals surface area contributed by atoms with Gasteiger partial charge in [-0.2, -0.15) is 0 Å². The van der Waals surface area contributed by atoms with Gasteiger partial charge in [0.2, 0.25) is 0 Å². The molecule has 0 fully saturated rings. The summed E-state index contributed by atoms with van der Waals surface area (Å²) in [7, 11) is 1.00. The molecular formula is C10H19NO3. The zero-order chi connectivity index (χ0) is 12.1. The van der Waals surface area contributed by atoms with Crippen LogP contribution in [0.4, 0.5) is 0 Å². The van der Waals surface area contributed by atoms with Crippen LogP contribution in [0.1, 0.15) is 26.7 Å². The summed E-state index contributed by atoms with van der Waals surface area (Å²) >= 11 is 0. The molecule has 4 nitrogen and oxygen atoms in total. The Kier molecular flexibility index (Phi) is 19.0. The molecule has 0 aromatic heterocycles. The molecule has 0 rings (SSSR count). The molecule has 3 N–H and O–H groups in total. The average Bonchev–Trinajstić information content (AvgIpc) is 2.20. The van der Waals surface area contributed by atoms with E-state index in [1.165, 1.54) is 13.8 Å². The molecular weight excluding hydrogens is 182 g/mol. The third-order valence-electron chi connectivity index (χ3n) is 1.33. The topological polar surface area (TPSA) is 80.4 Å². The monoisotopic (exact) mass is 201 g/mol. The zero-order valence-electron chi connectivity index (χ0n) is 8.99. The maximum Gasteiger partial charge on any atom is 0.146 e. The number of rotatable bonds is 4. The fraction of sp³-hybridized carbons (Fsp3) is 0.600. The zero-order valence-corrected chi connectivity index (χ0v) is 8.99. The molecule has 0 unspecified atom stereocenters. The number of terminal acetylenes is 1. The SMILES string of the molecule is C#C.CC(=O)CC[C@H](N)C(C)=O.CO. The largest absolute Gasteiger partial charge is 0.400 e. The van der Waals surface area contributed by atoms with Crippen LogP contribution in [0, 0.1) is 12.8 Å². The Balaban J connectivity index is -0.000000266. The average molecular weight is 201 g/mol. The van der Waals surface area contributed by atoms with Crippen molar-refractivity contribution in [2.45, 2.75) is 32.7 Å². The van der Waals surface area contributed by atoms with Gasteiger partial charge < -0.3 is 15.6 Å². The van der Waals surface area contributed by atoms with Gasteiger partial charge in [-0.15, -0.1) is 12.8 Å². The molecule has 0 spiro atoms. The molecule has 0 radical (unpaired) electrons. The van der Waals surface area contributed by atoms with Crippen molar-refractivity contribution in [1.82, 2.24) is 0 Å². The summed E-state index contributed by atoms with van der Waals surface area (Å²) in [5.41, 5.74) is 5.36. The van der Waals surface area contributed by atoms with Crippen molar-refractivity contribution >= 4 is 11.6 Å². The number of aliphatic hydroxyl groups excluding tert-OH is 1. The normalized spacial score (nSPS) is 9.64. The second kappa shape index (κ2) is 14.3. The van der Waals surface area contributed by atoms with E-state index in [1.807, 2.05) is 0 Å². The van der Waals surface area contributed by atoms with E-state index in [4.69, 9.17) is 10.8 Å². The first kappa shape index (κ1) is 18.6. The van der Waals surface area contributed by atoms with E-state index in [0.717, 1.165) is 7.11 Å². The molecule has 1 atom stereocenters. The predicted octanol–water partition coefficient (Wildman–Crippen LogP) is 0.130. The van der Waals surface area contributed by atoms with E-state index >= 15 is 0 Å². The first-order valence-electron chi connectivity index (χ1n) is 4.07. The molecule has 0 heterocycles. The third-order valence-corrected chi connectivity index (χ3v) is 1.33. The number of carbonyl (C=O) groups excluding carboxylic acids is 2. The molecule has 0 aliphatic rings. The molecule has 0 aromatic rings. The maximum atomic E-state index is 10.5. The van der Waals surface area contributed by atoms with E-state index in [2.05, 4.69) is 12.8 Å². The van der Waals surface area contributed by atoms with Gasteiger partial charge in [0.25, 0.3) is 0 Å². The summed E-state index contributed by atoms with van der Waals surface area (Å²) in [5, 5.41) is 7.00. The molecule has 0 bridgehead atoms. The Morgan fingerprint density at radius 3 is 1.86 bits per heavy atom. The van der Waals surface area contributed by atoms with E-state index in [9.17, 15) is 9.59 Å². The van der Waals surface area contributed by atoms with Gasteiger partial charge in [-0.3, -0.25) is 4.79 Å². The number of ketones is 2. The number of Topliss-reactive ketones (excluding diaryl/α,β-unsaturated/α-hetero) is 2. The summed E-state index contributed by atoms with van der Waals surface area (Å²) in [4.78, 5) is 20.9. The summed E-state index contributed by atoms with van der Waals surface area (Å²) in [6.45, 7) is 2.93. The number of hydrogen-bond donors (Lipinski definition) is 2. The van der Waals surface area contributed by atoms with Gasteiger partial charge in [0.05, 0.1) is 6.04 Å². The molecule has 0 aliphatic carbocycles. The number of carbonyl (C=O) groups is 2. The summed E-state index contributed by atoms with van der Waals surface area (Å²) in [6.07, 6.45) is 8.88. The number of nitrogens with two attached hydrogens (primary N) is 1. The Morgan fingerprint density at radius 2 is 1.64 bits per heavy atom. The van der Waals surface area contributed by atoms with Gasteiger partial charge in [0.1, 0.15) is 11.6 Å². The van der Waals surface area contributed by atoms with Gasteiger partial charge in [-0.1, -0.05) is 0 Å². The molecule has 0 amide bonds. The predicted molar refractivity (Wildman–Crippen MR) is 56.6 cm³/mol. The highest BCUT2D eigenvalue weighted by Crippen LogP contribution is 1.95. The van der Waals surface area contributed by atoms with Crippen molar-refractivity contribution < 1.29 is 14.7 Å². The van der Waals surface area contributed by atoms with Crippen LogP contribution in [0.25, 0.3) is 0 Å². The lowest BCUT2D eigenvalue weighted by Crippen LogP contribution is -2.28. The summed E-state index contributed by atoms with van der Waals surface area (Å²) in [5.74, 6) is 0.0259. The number of aliphatic hydroxyl groups is 1. The summed E-state index contributed by atoms with van der Waals surface area (Å²) < 4.78 is 0. The number of hydrogen-bond acceptors (Lipinski definition) is 4. The standard InChI is InChI=1S/C7H13NO2.C2H2.CH4O/c1-5(9)3-4-7(8)6(2)10;2*1-2/h7H,3-4,8H2,1-2H3;1-2H;2H,1H3/t7-;;/m0../s1. The van der Waals surface area contributed by atoms with Crippen LogP contribution in [0.5, 0.6) is 0 Å². The molecule has 0 saturated carbocycles. The smallest absolute Gasteiger partial charge is 0.146 e. The minimum absolute atomic E-state index is 0.0544.